The van der Waals surface area contributed by atoms with E-state index in [9.17, 15) is 0 Å². The number of halogens is 1. The van der Waals surface area contributed by atoms with E-state index >= 15 is 0 Å². The molecule has 0 saturated carbocycles. The van der Waals surface area contributed by atoms with Crippen molar-refractivity contribution in [1.82, 2.24) is 9.97 Å². The van der Waals surface area contributed by atoms with Crippen molar-refractivity contribution in [1.29, 1.82) is 5.26 Å². The van der Waals surface area contributed by atoms with E-state index in [-0.39, 0.29) is 6.54 Å². The van der Waals surface area contributed by atoms with Gasteiger partial charge in [-0.3, -0.25) is 0 Å². The van der Waals surface area contributed by atoms with Crippen LogP contribution < -0.4 is 10.6 Å². The molecule has 7 heteroatoms. The van der Waals surface area contributed by atoms with Gasteiger partial charge in [-0.25, -0.2) is 9.97 Å². The lowest BCUT2D eigenvalue weighted by Crippen LogP contribution is -2.02. The molecular weight excluding hydrogens is 302 g/mol. The van der Waals surface area contributed by atoms with Gasteiger partial charge in [0, 0.05) is 6.07 Å². The standard InChI is InChI=1S/C10H8BrN5S/c11-7-1-2-10(17-7)16-9-5-8(13-4-3-12)14-6-15-9/h1-2,5-6H,4H2,(H2,13,14,15,16). The zero-order valence-electron chi connectivity index (χ0n) is 8.64. The molecule has 2 N–H and O–H groups in total. The maximum absolute atomic E-state index is 8.46. The first-order valence-corrected chi connectivity index (χ1v) is 6.34. The summed E-state index contributed by atoms with van der Waals surface area (Å²) in [6.45, 7) is 0.223. The van der Waals surface area contributed by atoms with Gasteiger partial charge in [0.25, 0.3) is 0 Å². The summed E-state index contributed by atoms with van der Waals surface area (Å²) in [6.07, 6.45) is 1.45. The second-order valence-electron chi connectivity index (χ2n) is 3.03. The largest absolute Gasteiger partial charge is 0.357 e. The van der Waals surface area contributed by atoms with Gasteiger partial charge in [-0.15, -0.1) is 11.3 Å². The third-order valence-electron chi connectivity index (χ3n) is 1.84. The smallest absolute Gasteiger partial charge is 0.136 e. The van der Waals surface area contributed by atoms with Crippen molar-refractivity contribution >= 4 is 43.9 Å². The molecule has 0 fully saturated rings. The highest BCUT2D eigenvalue weighted by Gasteiger charge is 2.01. The van der Waals surface area contributed by atoms with Crippen LogP contribution in [-0.2, 0) is 0 Å². The van der Waals surface area contributed by atoms with E-state index in [4.69, 9.17) is 5.26 Å². The molecule has 0 radical (unpaired) electrons. The van der Waals surface area contributed by atoms with Crippen LogP contribution in [0, 0.1) is 11.3 Å². The SMILES string of the molecule is N#CCNc1cc(Nc2ccc(Br)s2)ncn1. The van der Waals surface area contributed by atoms with Gasteiger partial charge < -0.3 is 10.6 Å². The highest BCUT2D eigenvalue weighted by molar-refractivity contribution is 9.11. The summed E-state index contributed by atoms with van der Waals surface area (Å²) in [5, 5.41) is 15.5. The van der Waals surface area contributed by atoms with Crippen LogP contribution in [0.25, 0.3) is 0 Å². The molecule has 0 aliphatic rings. The zero-order chi connectivity index (χ0) is 12.1. The van der Waals surface area contributed by atoms with E-state index in [1.165, 1.54) is 6.33 Å². The van der Waals surface area contributed by atoms with Crippen LogP contribution in [0.5, 0.6) is 0 Å². The Morgan fingerprint density at radius 1 is 1.35 bits per heavy atom. The molecule has 5 nitrogen and oxygen atoms in total. The second-order valence-corrected chi connectivity index (χ2v) is 5.49. The van der Waals surface area contributed by atoms with Gasteiger partial charge in [0.05, 0.1) is 14.9 Å². The van der Waals surface area contributed by atoms with Crippen LogP contribution >= 0.6 is 27.3 Å². The van der Waals surface area contributed by atoms with E-state index < -0.39 is 0 Å². The first-order chi connectivity index (χ1) is 8.28. The summed E-state index contributed by atoms with van der Waals surface area (Å²) in [5.74, 6) is 1.31. The topological polar surface area (TPSA) is 73.6 Å². The van der Waals surface area contributed by atoms with Gasteiger partial charge in [0.15, 0.2) is 0 Å². The van der Waals surface area contributed by atoms with Gasteiger partial charge in [-0.2, -0.15) is 5.26 Å². The van der Waals surface area contributed by atoms with Crippen LogP contribution in [0.2, 0.25) is 0 Å². The predicted octanol–water partition coefficient (Wildman–Crippen LogP) is 2.98. The molecule has 0 amide bonds. The first kappa shape index (κ1) is 11.8. The lowest BCUT2D eigenvalue weighted by Gasteiger charge is -2.04. The normalized spacial score (nSPS) is 9.65. The number of hydrogen-bond donors (Lipinski definition) is 2. The molecule has 86 valence electrons. The number of rotatable bonds is 4. The van der Waals surface area contributed by atoms with Gasteiger partial charge in [-0.1, -0.05) is 0 Å². The summed E-state index contributed by atoms with van der Waals surface area (Å²) < 4.78 is 1.05. The molecule has 0 aliphatic heterocycles. The molecule has 0 aliphatic carbocycles. The Labute approximate surface area is 111 Å². The van der Waals surface area contributed by atoms with Crippen LogP contribution in [-0.4, -0.2) is 16.5 Å². The maximum Gasteiger partial charge on any atom is 0.136 e. The van der Waals surface area contributed by atoms with Gasteiger partial charge in [0.2, 0.25) is 0 Å². The van der Waals surface area contributed by atoms with Crippen molar-refractivity contribution in [2.75, 3.05) is 17.2 Å². The van der Waals surface area contributed by atoms with E-state index in [1.54, 1.807) is 17.4 Å². The Hall–Kier alpha value is -1.65. The maximum atomic E-state index is 8.46. The second kappa shape index (κ2) is 5.61. The van der Waals surface area contributed by atoms with E-state index in [0.717, 1.165) is 8.79 Å². The Balaban J connectivity index is 2.08. The molecule has 2 rings (SSSR count). The molecule has 17 heavy (non-hydrogen) atoms. The van der Waals surface area contributed by atoms with Crippen LogP contribution in [0.4, 0.5) is 16.6 Å². The molecule has 2 aromatic rings. The Kier molecular flexibility index (Phi) is 3.90. The minimum absolute atomic E-state index is 0.223. The quantitative estimate of drug-likeness (QED) is 0.849. The molecule has 0 unspecified atom stereocenters. The van der Waals surface area contributed by atoms with Crippen LogP contribution in [0.1, 0.15) is 0 Å². The Morgan fingerprint density at radius 2 is 2.18 bits per heavy atom. The Bertz CT molecular complexity index is 548. The number of anilines is 3. The average Bonchev–Trinajstić information content (AvgIpc) is 2.73. The highest BCUT2D eigenvalue weighted by Crippen LogP contribution is 2.28. The lowest BCUT2D eigenvalue weighted by molar-refractivity contribution is 1.14. The predicted molar refractivity (Wildman–Crippen MR) is 71.4 cm³/mol. The van der Waals surface area contributed by atoms with E-state index in [0.29, 0.717) is 11.6 Å². The van der Waals surface area contributed by atoms with Crippen LogP contribution in [0.3, 0.4) is 0 Å². The number of aromatic nitrogens is 2. The zero-order valence-corrected chi connectivity index (χ0v) is 11.0. The molecule has 0 atom stereocenters. The van der Waals surface area contributed by atoms with E-state index in [1.807, 2.05) is 18.2 Å². The summed E-state index contributed by atoms with van der Waals surface area (Å²) in [4.78, 5) is 8.10. The number of nitrogens with zero attached hydrogens (tertiary/aromatic N) is 3. The van der Waals surface area contributed by atoms with Gasteiger partial charge in [0.1, 0.15) is 24.5 Å². The summed E-state index contributed by atoms with van der Waals surface area (Å²) in [6, 6.07) is 7.67. The molecule has 0 bridgehead atoms. The van der Waals surface area contributed by atoms with Gasteiger partial charge >= 0.3 is 0 Å². The summed E-state index contributed by atoms with van der Waals surface area (Å²) in [5.41, 5.74) is 0. The fourth-order valence-electron chi connectivity index (χ4n) is 1.16. The molecule has 0 spiro atoms. The lowest BCUT2D eigenvalue weighted by atomic mass is 10.5. The summed E-state index contributed by atoms with van der Waals surface area (Å²) >= 11 is 4.97. The van der Waals surface area contributed by atoms with Crippen molar-refractivity contribution in [2.45, 2.75) is 0 Å². The third kappa shape index (κ3) is 3.41. The van der Waals surface area contributed by atoms with Crippen LogP contribution in [0.15, 0.2) is 28.3 Å². The first-order valence-electron chi connectivity index (χ1n) is 4.73. The number of thiophene rings is 1. The van der Waals surface area contributed by atoms with Gasteiger partial charge in [-0.05, 0) is 28.1 Å². The molecule has 2 aromatic heterocycles. The molecular formula is C10H8BrN5S. The number of nitriles is 1. The fourth-order valence-corrected chi connectivity index (χ4v) is 2.45. The van der Waals surface area contributed by atoms with Crippen molar-refractivity contribution in [3.8, 4) is 6.07 Å². The van der Waals surface area contributed by atoms with Crippen molar-refractivity contribution in [2.24, 2.45) is 0 Å². The van der Waals surface area contributed by atoms with Crippen molar-refractivity contribution in [3.63, 3.8) is 0 Å². The minimum atomic E-state index is 0.223. The third-order valence-corrected chi connectivity index (χ3v) is 3.38. The minimum Gasteiger partial charge on any atom is -0.357 e. The Morgan fingerprint density at radius 3 is 2.88 bits per heavy atom. The van der Waals surface area contributed by atoms with Crippen molar-refractivity contribution in [3.05, 3.63) is 28.3 Å². The molecule has 0 aromatic carbocycles. The summed E-state index contributed by atoms with van der Waals surface area (Å²) in [7, 11) is 0. The molecule has 2 heterocycles. The van der Waals surface area contributed by atoms with Crippen molar-refractivity contribution < 1.29 is 0 Å². The monoisotopic (exact) mass is 309 g/mol. The average molecular weight is 310 g/mol. The molecule has 0 saturated heterocycles. The van der Waals surface area contributed by atoms with E-state index in [2.05, 4.69) is 36.5 Å². The number of nitrogens with one attached hydrogen (secondary N) is 2. The number of hydrogen-bond acceptors (Lipinski definition) is 6. The fraction of sp³-hybridized carbons (Fsp3) is 0.100. The highest BCUT2D eigenvalue weighted by atomic mass is 79.9.